The average Bonchev–Trinajstić information content (AvgIpc) is 2.47. The highest BCUT2D eigenvalue weighted by molar-refractivity contribution is 5.27. The number of likely N-dealkylation sites (N-methyl/N-ethyl adjacent to an activating group) is 1. The highest BCUT2D eigenvalue weighted by Crippen LogP contribution is 2.25. The van der Waals surface area contributed by atoms with E-state index >= 15 is 0 Å². The number of nitrogens with zero attached hydrogens (tertiary/aromatic N) is 1. The lowest BCUT2D eigenvalue weighted by atomic mass is 9.94. The van der Waals surface area contributed by atoms with Crippen LogP contribution in [0.1, 0.15) is 17.0 Å². The Labute approximate surface area is 85.7 Å². The second kappa shape index (κ2) is 3.71. The first-order chi connectivity index (χ1) is 6.66. The van der Waals surface area contributed by atoms with Crippen molar-refractivity contribution in [2.24, 2.45) is 5.73 Å². The number of likely N-dealkylation sites (tertiary alicyclic amines) is 1. The van der Waals surface area contributed by atoms with Gasteiger partial charge in [-0.3, -0.25) is 0 Å². The third-order valence-corrected chi connectivity index (χ3v) is 3.05. The molecule has 1 aromatic rings. The number of benzene rings is 1. The fourth-order valence-corrected chi connectivity index (χ4v) is 2.20. The highest BCUT2D eigenvalue weighted by atomic mass is 15.1. The third-order valence-electron chi connectivity index (χ3n) is 3.05. The second-order valence-corrected chi connectivity index (χ2v) is 4.40. The Morgan fingerprint density at radius 1 is 1.21 bits per heavy atom. The monoisotopic (exact) mass is 190 g/mol. The molecule has 2 rings (SSSR count). The molecule has 14 heavy (non-hydrogen) atoms. The van der Waals surface area contributed by atoms with Gasteiger partial charge in [0.2, 0.25) is 0 Å². The van der Waals surface area contributed by atoms with Crippen LogP contribution in [-0.2, 0) is 0 Å². The van der Waals surface area contributed by atoms with E-state index in [4.69, 9.17) is 5.73 Å². The summed E-state index contributed by atoms with van der Waals surface area (Å²) in [6, 6.07) is 9.04. The molecule has 0 spiro atoms. The maximum absolute atomic E-state index is 6.10. The van der Waals surface area contributed by atoms with Crippen LogP contribution in [0.2, 0.25) is 0 Å². The van der Waals surface area contributed by atoms with Gasteiger partial charge in [-0.1, -0.05) is 29.8 Å². The predicted molar refractivity (Wildman–Crippen MR) is 59.4 cm³/mol. The number of nitrogens with two attached hydrogens (primary N) is 1. The topological polar surface area (TPSA) is 29.3 Å². The Kier molecular flexibility index (Phi) is 2.57. The zero-order valence-electron chi connectivity index (χ0n) is 8.90. The van der Waals surface area contributed by atoms with E-state index in [1.165, 1.54) is 11.1 Å². The van der Waals surface area contributed by atoms with Gasteiger partial charge in [0.1, 0.15) is 0 Å². The van der Waals surface area contributed by atoms with E-state index in [1.807, 2.05) is 0 Å². The molecule has 0 aromatic heterocycles. The molecule has 2 heteroatoms. The molecule has 0 radical (unpaired) electrons. The Morgan fingerprint density at radius 2 is 1.86 bits per heavy atom. The van der Waals surface area contributed by atoms with Crippen molar-refractivity contribution in [2.45, 2.75) is 18.9 Å². The summed E-state index contributed by atoms with van der Waals surface area (Å²) in [5.41, 5.74) is 8.79. The molecule has 1 aromatic carbocycles. The lowest BCUT2D eigenvalue weighted by Crippen LogP contribution is -2.27. The van der Waals surface area contributed by atoms with Crippen LogP contribution >= 0.6 is 0 Å². The van der Waals surface area contributed by atoms with Gasteiger partial charge in [0, 0.05) is 25.0 Å². The van der Waals surface area contributed by atoms with Crippen LogP contribution in [0.15, 0.2) is 24.3 Å². The summed E-state index contributed by atoms with van der Waals surface area (Å²) in [6.07, 6.45) is 0. The highest BCUT2D eigenvalue weighted by Gasteiger charge is 2.28. The van der Waals surface area contributed by atoms with Crippen molar-refractivity contribution in [3.63, 3.8) is 0 Å². The van der Waals surface area contributed by atoms with E-state index in [-0.39, 0.29) is 0 Å². The Balaban J connectivity index is 2.19. The van der Waals surface area contributed by atoms with Crippen LogP contribution in [0, 0.1) is 6.92 Å². The van der Waals surface area contributed by atoms with Crippen molar-refractivity contribution in [1.29, 1.82) is 0 Å². The minimum atomic E-state index is 0.294. The van der Waals surface area contributed by atoms with Crippen LogP contribution in [0.5, 0.6) is 0 Å². The van der Waals surface area contributed by atoms with Crippen LogP contribution in [0.25, 0.3) is 0 Å². The molecule has 1 saturated heterocycles. The summed E-state index contributed by atoms with van der Waals surface area (Å²) in [6.45, 7) is 4.22. The number of rotatable bonds is 1. The second-order valence-electron chi connectivity index (χ2n) is 4.40. The molecule has 1 aliphatic rings. The van der Waals surface area contributed by atoms with Gasteiger partial charge in [0.05, 0.1) is 0 Å². The van der Waals surface area contributed by atoms with Gasteiger partial charge in [-0.05, 0) is 19.5 Å². The van der Waals surface area contributed by atoms with Crippen LogP contribution in [0.4, 0.5) is 0 Å². The normalized spacial score (nSPS) is 28.2. The van der Waals surface area contributed by atoms with Gasteiger partial charge in [-0.2, -0.15) is 0 Å². The van der Waals surface area contributed by atoms with E-state index in [9.17, 15) is 0 Å². The average molecular weight is 190 g/mol. The number of aryl methyl sites for hydroxylation is 1. The Bertz CT molecular complexity index is 305. The summed E-state index contributed by atoms with van der Waals surface area (Å²) >= 11 is 0. The fourth-order valence-electron chi connectivity index (χ4n) is 2.20. The fraction of sp³-hybridized carbons (Fsp3) is 0.500. The molecule has 0 unspecified atom stereocenters. The number of hydrogen-bond acceptors (Lipinski definition) is 2. The minimum Gasteiger partial charge on any atom is -0.326 e. The van der Waals surface area contributed by atoms with Crippen LogP contribution < -0.4 is 5.73 Å². The minimum absolute atomic E-state index is 0.294. The molecule has 1 aliphatic heterocycles. The first-order valence-corrected chi connectivity index (χ1v) is 5.17. The smallest absolute Gasteiger partial charge is 0.0249 e. The molecule has 1 fully saturated rings. The summed E-state index contributed by atoms with van der Waals surface area (Å²) < 4.78 is 0. The zero-order valence-corrected chi connectivity index (χ0v) is 8.90. The maximum Gasteiger partial charge on any atom is 0.0249 e. The first kappa shape index (κ1) is 9.69. The summed E-state index contributed by atoms with van der Waals surface area (Å²) in [7, 11) is 2.13. The molecular weight excluding hydrogens is 172 g/mol. The third kappa shape index (κ3) is 1.81. The van der Waals surface area contributed by atoms with Gasteiger partial charge in [-0.25, -0.2) is 0 Å². The van der Waals surface area contributed by atoms with Crippen molar-refractivity contribution in [3.8, 4) is 0 Å². The summed E-state index contributed by atoms with van der Waals surface area (Å²) in [4.78, 5) is 2.30. The summed E-state index contributed by atoms with van der Waals surface area (Å²) in [5, 5.41) is 0. The molecular formula is C12H18N2. The largest absolute Gasteiger partial charge is 0.326 e. The van der Waals surface area contributed by atoms with E-state index in [1.54, 1.807) is 0 Å². The quantitative estimate of drug-likeness (QED) is 0.724. The Morgan fingerprint density at radius 3 is 2.36 bits per heavy atom. The molecule has 0 amide bonds. The molecule has 1 heterocycles. The standard InChI is InChI=1S/C12H18N2/c1-9-3-5-10(6-4-9)11-7-14(2)8-12(11)13/h3-6,11-12H,7-8,13H2,1-2H3/t11-,12+/m0/s1. The lowest BCUT2D eigenvalue weighted by Gasteiger charge is -2.14. The van der Waals surface area contributed by atoms with Crippen molar-refractivity contribution in [2.75, 3.05) is 20.1 Å². The van der Waals surface area contributed by atoms with E-state index < -0.39 is 0 Å². The van der Waals surface area contributed by atoms with Crippen molar-refractivity contribution >= 4 is 0 Å². The SMILES string of the molecule is Cc1ccc([C@@H]2CN(C)C[C@H]2N)cc1. The molecule has 0 aliphatic carbocycles. The lowest BCUT2D eigenvalue weighted by molar-refractivity contribution is 0.407. The van der Waals surface area contributed by atoms with Crippen LogP contribution in [0.3, 0.4) is 0 Å². The molecule has 2 atom stereocenters. The first-order valence-electron chi connectivity index (χ1n) is 5.17. The van der Waals surface area contributed by atoms with Gasteiger partial charge in [0.15, 0.2) is 0 Å². The zero-order chi connectivity index (χ0) is 10.1. The van der Waals surface area contributed by atoms with E-state index in [2.05, 4.69) is 43.1 Å². The Hall–Kier alpha value is -0.860. The molecule has 2 N–H and O–H groups in total. The molecule has 0 saturated carbocycles. The molecule has 76 valence electrons. The summed E-state index contributed by atoms with van der Waals surface area (Å²) in [5.74, 6) is 0.514. The van der Waals surface area contributed by atoms with Crippen LogP contribution in [-0.4, -0.2) is 31.1 Å². The number of hydrogen-bond donors (Lipinski definition) is 1. The van der Waals surface area contributed by atoms with Gasteiger partial charge in [-0.15, -0.1) is 0 Å². The molecule has 2 nitrogen and oxygen atoms in total. The van der Waals surface area contributed by atoms with Gasteiger partial charge in [0.25, 0.3) is 0 Å². The molecule has 0 bridgehead atoms. The predicted octanol–water partition coefficient (Wildman–Crippen LogP) is 1.35. The van der Waals surface area contributed by atoms with E-state index in [0.29, 0.717) is 12.0 Å². The van der Waals surface area contributed by atoms with Crippen molar-refractivity contribution in [1.82, 2.24) is 4.90 Å². The van der Waals surface area contributed by atoms with E-state index in [0.717, 1.165) is 13.1 Å². The maximum atomic E-state index is 6.10. The van der Waals surface area contributed by atoms with Gasteiger partial charge >= 0.3 is 0 Å². The van der Waals surface area contributed by atoms with Gasteiger partial charge < -0.3 is 10.6 Å². The van der Waals surface area contributed by atoms with Crippen molar-refractivity contribution < 1.29 is 0 Å². The van der Waals surface area contributed by atoms with Crippen molar-refractivity contribution in [3.05, 3.63) is 35.4 Å².